The number of aryl methyl sites for hydroxylation is 1. The molecule has 0 radical (unpaired) electrons. The van der Waals surface area contributed by atoms with Crippen LogP contribution in [0.3, 0.4) is 0 Å². The second-order valence-corrected chi connectivity index (χ2v) is 8.34. The molecule has 0 saturated heterocycles. The maximum Gasteiger partial charge on any atom is 0.253 e. The van der Waals surface area contributed by atoms with Gasteiger partial charge in [-0.05, 0) is 41.5 Å². The third-order valence-corrected chi connectivity index (χ3v) is 4.71. The van der Waals surface area contributed by atoms with E-state index in [9.17, 15) is 4.79 Å². The second-order valence-electron chi connectivity index (χ2n) is 5.97. The van der Waals surface area contributed by atoms with Crippen LogP contribution in [0.25, 0.3) is 10.8 Å². The molecule has 3 rings (SSSR count). The van der Waals surface area contributed by atoms with Crippen molar-refractivity contribution in [1.82, 2.24) is 5.32 Å². The van der Waals surface area contributed by atoms with Crippen LogP contribution in [0.4, 0.5) is 5.69 Å². The number of rotatable bonds is 4. The molecule has 0 bridgehead atoms. The molecule has 3 aromatic carbocycles. The minimum absolute atomic E-state index is 0.312. The minimum atomic E-state index is -1.73. The Labute approximate surface area is 167 Å². The highest BCUT2D eigenvalue weighted by Crippen LogP contribution is 2.32. The molecule has 0 unspecified atom stereocenters. The van der Waals surface area contributed by atoms with Gasteiger partial charge in [-0.2, -0.15) is 0 Å². The number of amides is 1. The summed E-state index contributed by atoms with van der Waals surface area (Å²) < 4.78 is -1.73. The van der Waals surface area contributed by atoms with Crippen LogP contribution in [0, 0.1) is 6.92 Å². The Morgan fingerprint density at radius 2 is 1.58 bits per heavy atom. The van der Waals surface area contributed by atoms with Gasteiger partial charge in [-0.25, -0.2) is 0 Å². The SMILES string of the molecule is Cc1ccccc1C(=O)N[C@@H](Nc1ccc2ccccc2c1)C(Cl)(Cl)Cl. The van der Waals surface area contributed by atoms with Gasteiger partial charge >= 0.3 is 0 Å². The fourth-order valence-electron chi connectivity index (χ4n) is 2.68. The maximum atomic E-state index is 12.6. The van der Waals surface area contributed by atoms with Crippen molar-refractivity contribution in [2.45, 2.75) is 16.9 Å². The lowest BCUT2D eigenvalue weighted by atomic mass is 10.1. The number of carbonyl (C=O) groups is 1. The lowest BCUT2D eigenvalue weighted by Gasteiger charge is -2.27. The zero-order valence-corrected chi connectivity index (χ0v) is 16.2. The van der Waals surface area contributed by atoms with E-state index >= 15 is 0 Å². The highest BCUT2D eigenvalue weighted by Gasteiger charge is 2.34. The molecule has 1 amide bonds. The van der Waals surface area contributed by atoms with Gasteiger partial charge in [0.25, 0.3) is 5.91 Å². The molecule has 0 saturated carbocycles. The van der Waals surface area contributed by atoms with E-state index < -0.39 is 9.96 Å². The molecule has 26 heavy (non-hydrogen) atoms. The number of hydrogen-bond acceptors (Lipinski definition) is 2. The summed E-state index contributed by atoms with van der Waals surface area (Å²) >= 11 is 18.3. The first-order chi connectivity index (χ1) is 12.3. The summed E-state index contributed by atoms with van der Waals surface area (Å²) in [5.74, 6) is -0.312. The van der Waals surface area contributed by atoms with Crippen molar-refractivity contribution in [1.29, 1.82) is 0 Å². The number of hydrogen-bond donors (Lipinski definition) is 2. The number of carbonyl (C=O) groups excluding carboxylic acids is 1. The maximum absolute atomic E-state index is 12.6. The Kier molecular flexibility index (Phi) is 5.61. The quantitative estimate of drug-likeness (QED) is 0.431. The van der Waals surface area contributed by atoms with Crippen molar-refractivity contribution in [2.24, 2.45) is 0 Å². The summed E-state index contributed by atoms with van der Waals surface area (Å²) in [6.07, 6.45) is -0.902. The average Bonchev–Trinajstić information content (AvgIpc) is 2.60. The first kappa shape index (κ1) is 18.8. The van der Waals surface area contributed by atoms with Crippen molar-refractivity contribution in [2.75, 3.05) is 5.32 Å². The first-order valence-electron chi connectivity index (χ1n) is 8.03. The molecule has 2 N–H and O–H groups in total. The topological polar surface area (TPSA) is 41.1 Å². The van der Waals surface area contributed by atoms with Crippen molar-refractivity contribution in [3.05, 3.63) is 77.9 Å². The fourth-order valence-corrected chi connectivity index (χ4v) is 3.01. The zero-order valence-electron chi connectivity index (χ0n) is 14.0. The molecule has 0 aliphatic heterocycles. The Morgan fingerprint density at radius 1 is 0.923 bits per heavy atom. The monoisotopic (exact) mass is 406 g/mol. The molecule has 0 aliphatic rings. The van der Waals surface area contributed by atoms with E-state index in [0.29, 0.717) is 5.56 Å². The van der Waals surface area contributed by atoms with Gasteiger partial charge < -0.3 is 10.6 Å². The number of nitrogens with one attached hydrogen (secondary N) is 2. The molecule has 1 atom stereocenters. The molecule has 3 aromatic rings. The Hall–Kier alpha value is -1.94. The van der Waals surface area contributed by atoms with Gasteiger partial charge in [-0.15, -0.1) is 0 Å². The first-order valence-corrected chi connectivity index (χ1v) is 9.16. The molecule has 0 spiro atoms. The van der Waals surface area contributed by atoms with Gasteiger partial charge in [-0.3, -0.25) is 4.79 Å². The van der Waals surface area contributed by atoms with Crippen LogP contribution in [0.2, 0.25) is 0 Å². The van der Waals surface area contributed by atoms with Crippen molar-refractivity contribution >= 4 is 57.2 Å². The van der Waals surface area contributed by atoms with Crippen LogP contribution < -0.4 is 10.6 Å². The van der Waals surface area contributed by atoms with Gasteiger partial charge in [0.15, 0.2) is 0 Å². The molecule has 0 fully saturated rings. The van der Waals surface area contributed by atoms with Crippen LogP contribution >= 0.6 is 34.8 Å². The summed E-state index contributed by atoms with van der Waals surface area (Å²) in [5, 5.41) is 8.02. The van der Waals surface area contributed by atoms with Crippen LogP contribution in [0.5, 0.6) is 0 Å². The lowest BCUT2D eigenvalue weighted by molar-refractivity contribution is 0.0941. The van der Waals surface area contributed by atoms with E-state index in [4.69, 9.17) is 34.8 Å². The van der Waals surface area contributed by atoms with Crippen LogP contribution in [-0.4, -0.2) is 15.9 Å². The van der Waals surface area contributed by atoms with Gasteiger partial charge in [0.1, 0.15) is 6.17 Å². The van der Waals surface area contributed by atoms with Crippen LogP contribution in [0.1, 0.15) is 15.9 Å². The number of fused-ring (bicyclic) bond motifs is 1. The van der Waals surface area contributed by atoms with Gasteiger partial charge in [0, 0.05) is 11.3 Å². The van der Waals surface area contributed by atoms with Crippen molar-refractivity contribution < 1.29 is 4.79 Å². The molecule has 6 heteroatoms. The fraction of sp³-hybridized carbons (Fsp3) is 0.150. The number of benzene rings is 3. The summed E-state index contributed by atoms with van der Waals surface area (Å²) in [6.45, 7) is 1.86. The van der Waals surface area contributed by atoms with E-state index in [-0.39, 0.29) is 5.91 Å². The average molecular weight is 408 g/mol. The van der Waals surface area contributed by atoms with Gasteiger partial charge in [0.2, 0.25) is 3.79 Å². The highest BCUT2D eigenvalue weighted by molar-refractivity contribution is 6.68. The van der Waals surface area contributed by atoms with Gasteiger partial charge in [-0.1, -0.05) is 83.3 Å². The lowest BCUT2D eigenvalue weighted by Crippen LogP contribution is -2.49. The van der Waals surface area contributed by atoms with Crippen LogP contribution in [0.15, 0.2) is 66.7 Å². The van der Waals surface area contributed by atoms with E-state index in [1.165, 1.54) is 0 Å². The summed E-state index contributed by atoms with van der Waals surface area (Å²) in [4.78, 5) is 12.6. The smallest absolute Gasteiger partial charge is 0.253 e. The molecular formula is C20H17Cl3N2O. The normalized spacial score (nSPS) is 12.6. The standard InChI is InChI=1S/C20H17Cl3N2O/c1-13-6-2-5-9-17(13)18(26)25-19(20(21,22)23)24-16-11-10-14-7-3-4-8-15(14)12-16/h2-12,19,24H,1H3,(H,25,26)/t19-/m1/s1. The predicted molar refractivity (Wildman–Crippen MR) is 110 cm³/mol. The molecular weight excluding hydrogens is 391 g/mol. The third-order valence-electron chi connectivity index (χ3n) is 4.05. The molecule has 0 aliphatic carbocycles. The summed E-state index contributed by atoms with van der Waals surface area (Å²) in [7, 11) is 0. The molecule has 0 heterocycles. The second kappa shape index (κ2) is 7.75. The predicted octanol–water partition coefficient (Wildman–Crippen LogP) is 5.69. The number of halogens is 3. The Balaban J connectivity index is 1.84. The highest BCUT2D eigenvalue weighted by atomic mass is 35.6. The Bertz CT molecular complexity index is 937. The largest absolute Gasteiger partial charge is 0.362 e. The molecule has 134 valence electrons. The van der Waals surface area contributed by atoms with E-state index in [1.54, 1.807) is 12.1 Å². The number of alkyl halides is 3. The zero-order chi connectivity index (χ0) is 18.7. The third kappa shape index (κ3) is 4.42. The van der Waals surface area contributed by atoms with E-state index in [0.717, 1.165) is 22.0 Å². The van der Waals surface area contributed by atoms with Gasteiger partial charge in [0.05, 0.1) is 0 Å². The van der Waals surface area contributed by atoms with Crippen molar-refractivity contribution in [3.63, 3.8) is 0 Å². The van der Waals surface area contributed by atoms with E-state index in [1.807, 2.05) is 61.5 Å². The molecule has 3 nitrogen and oxygen atoms in total. The number of anilines is 1. The minimum Gasteiger partial charge on any atom is -0.362 e. The summed E-state index contributed by atoms with van der Waals surface area (Å²) in [6, 6.07) is 21.0. The summed E-state index contributed by atoms with van der Waals surface area (Å²) in [5.41, 5.74) is 2.12. The van der Waals surface area contributed by atoms with Crippen molar-refractivity contribution in [3.8, 4) is 0 Å². The molecule has 0 aromatic heterocycles. The van der Waals surface area contributed by atoms with Crippen LogP contribution in [-0.2, 0) is 0 Å². The Morgan fingerprint density at radius 3 is 2.27 bits per heavy atom. The van der Waals surface area contributed by atoms with E-state index in [2.05, 4.69) is 10.6 Å².